The van der Waals surface area contributed by atoms with E-state index in [1.54, 1.807) is 29.6 Å². The molecule has 2 aromatic rings. The number of thiophene rings is 1. The van der Waals surface area contributed by atoms with Crippen LogP contribution in [0, 0.1) is 6.92 Å². The number of aliphatic hydroxyl groups excluding tert-OH is 1. The molecule has 1 unspecified atom stereocenters. The predicted molar refractivity (Wildman–Crippen MR) is 87.1 cm³/mol. The summed E-state index contributed by atoms with van der Waals surface area (Å²) in [6.45, 7) is 1.81. The molecule has 0 radical (unpaired) electrons. The Morgan fingerprint density at radius 1 is 1.32 bits per heavy atom. The van der Waals surface area contributed by atoms with Crippen LogP contribution in [-0.2, 0) is 9.59 Å². The molecule has 0 aliphatic carbocycles. The molecule has 1 aromatic heterocycles. The number of halogens is 1. The van der Waals surface area contributed by atoms with Crippen LogP contribution in [0.2, 0.25) is 5.02 Å². The number of hydrogen-bond acceptors (Lipinski definition) is 4. The zero-order valence-corrected chi connectivity index (χ0v) is 13.4. The molecule has 5 nitrogen and oxygen atoms in total. The van der Waals surface area contributed by atoms with Gasteiger partial charge in [0.1, 0.15) is 0 Å². The van der Waals surface area contributed by atoms with Crippen molar-refractivity contribution in [1.29, 1.82) is 0 Å². The van der Waals surface area contributed by atoms with Crippen molar-refractivity contribution in [2.24, 2.45) is 0 Å². The van der Waals surface area contributed by atoms with Crippen LogP contribution in [0.5, 0.6) is 0 Å². The van der Waals surface area contributed by atoms with Gasteiger partial charge in [0, 0.05) is 6.54 Å². The van der Waals surface area contributed by atoms with E-state index >= 15 is 0 Å². The summed E-state index contributed by atoms with van der Waals surface area (Å²) in [5.41, 5.74) is 1.99. The van der Waals surface area contributed by atoms with Gasteiger partial charge in [-0.3, -0.25) is 9.59 Å². The van der Waals surface area contributed by atoms with Crippen LogP contribution in [-0.4, -0.2) is 23.5 Å². The molecule has 0 saturated carbocycles. The van der Waals surface area contributed by atoms with Gasteiger partial charge < -0.3 is 15.7 Å². The summed E-state index contributed by atoms with van der Waals surface area (Å²) in [5.74, 6) is -1.66. The van der Waals surface area contributed by atoms with E-state index in [0.29, 0.717) is 16.3 Å². The van der Waals surface area contributed by atoms with E-state index in [0.717, 1.165) is 5.56 Å². The van der Waals surface area contributed by atoms with Crippen LogP contribution in [0.25, 0.3) is 0 Å². The lowest BCUT2D eigenvalue weighted by Crippen LogP contribution is -2.37. The second-order valence-electron chi connectivity index (χ2n) is 4.72. The van der Waals surface area contributed by atoms with Gasteiger partial charge in [0.25, 0.3) is 0 Å². The van der Waals surface area contributed by atoms with Crippen molar-refractivity contribution in [1.82, 2.24) is 5.32 Å². The maximum Gasteiger partial charge on any atom is 0.313 e. The number of anilines is 1. The minimum Gasteiger partial charge on any atom is -0.387 e. The number of benzene rings is 1. The molecule has 22 heavy (non-hydrogen) atoms. The molecule has 0 saturated heterocycles. The number of nitrogens with one attached hydrogen (secondary N) is 2. The van der Waals surface area contributed by atoms with Crippen LogP contribution >= 0.6 is 22.9 Å². The second-order valence-corrected chi connectivity index (χ2v) is 5.91. The summed E-state index contributed by atoms with van der Waals surface area (Å²) < 4.78 is 0. The van der Waals surface area contributed by atoms with E-state index in [4.69, 9.17) is 11.6 Å². The molecular weight excluding hydrogens is 324 g/mol. The standard InChI is InChI=1S/C15H15ClN2O3S/c1-9-2-3-11(16)12(6-9)18-15(21)14(20)17-7-13(19)10-4-5-22-8-10/h2-6,8,13,19H,7H2,1H3,(H,17,20)(H,18,21). The maximum atomic E-state index is 11.8. The lowest BCUT2D eigenvalue weighted by Gasteiger charge is -2.11. The Balaban J connectivity index is 1.89. The number of aryl methyl sites for hydroxylation is 1. The third-order valence-electron chi connectivity index (χ3n) is 2.96. The van der Waals surface area contributed by atoms with Gasteiger partial charge in [-0.25, -0.2) is 0 Å². The number of carbonyl (C=O) groups excluding carboxylic acids is 2. The third kappa shape index (κ3) is 4.30. The molecule has 0 bridgehead atoms. The SMILES string of the molecule is Cc1ccc(Cl)c(NC(=O)C(=O)NCC(O)c2ccsc2)c1. The first-order chi connectivity index (χ1) is 10.5. The fourth-order valence-electron chi connectivity index (χ4n) is 1.77. The van der Waals surface area contributed by atoms with Crippen molar-refractivity contribution in [3.63, 3.8) is 0 Å². The molecule has 7 heteroatoms. The van der Waals surface area contributed by atoms with Crippen LogP contribution in [0.4, 0.5) is 5.69 Å². The van der Waals surface area contributed by atoms with Gasteiger partial charge in [0.2, 0.25) is 0 Å². The Hall–Kier alpha value is -1.89. The first-order valence-corrected chi connectivity index (χ1v) is 7.85. The predicted octanol–water partition coefficient (Wildman–Crippen LogP) is 2.50. The van der Waals surface area contributed by atoms with Gasteiger partial charge in [-0.2, -0.15) is 11.3 Å². The summed E-state index contributed by atoms with van der Waals surface area (Å²) >= 11 is 7.40. The van der Waals surface area contributed by atoms with E-state index in [9.17, 15) is 14.7 Å². The maximum absolute atomic E-state index is 11.8. The zero-order valence-electron chi connectivity index (χ0n) is 11.8. The molecule has 0 spiro atoms. The number of hydrogen-bond donors (Lipinski definition) is 3. The fraction of sp³-hybridized carbons (Fsp3) is 0.200. The summed E-state index contributed by atoms with van der Waals surface area (Å²) in [6, 6.07) is 6.88. The van der Waals surface area contributed by atoms with E-state index < -0.39 is 17.9 Å². The Labute approximate surface area is 136 Å². The highest BCUT2D eigenvalue weighted by atomic mass is 35.5. The molecule has 0 fully saturated rings. The smallest absolute Gasteiger partial charge is 0.313 e. The van der Waals surface area contributed by atoms with E-state index in [1.807, 2.05) is 12.3 Å². The van der Waals surface area contributed by atoms with Crippen molar-refractivity contribution in [3.05, 3.63) is 51.2 Å². The van der Waals surface area contributed by atoms with Crippen molar-refractivity contribution in [2.75, 3.05) is 11.9 Å². The monoisotopic (exact) mass is 338 g/mol. The fourth-order valence-corrected chi connectivity index (χ4v) is 2.64. The van der Waals surface area contributed by atoms with Crippen LogP contribution in [0.15, 0.2) is 35.0 Å². The quantitative estimate of drug-likeness (QED) is 0.749. The minimum absolute atomic E-state index is 0.0372. The summed E-state index contributed by atoms with van der Waals surface area (Å²) in [7, 11) is 0. The Kier molecular flexibility index (Phi) is 5.54. The molecule has 0 aliphatic rings. The molecule has 1 atom stereocenters. The van der Waals surface area contributed by atoms with Crippen molar-refractivity contribution in [3.8, 4) is 0 Å². The first-order valence-electron chi connectivity index (χ1n) is 6.53. The molecule has 2 rings (SSSR count). The van der Waals surface area contributed by atoms with Crippen molar-refractivity contribution in [2.45, 2.75) is 13.0 Å². The topological polar surface area (TPSA) is 78.4 Å². The normalized spacial score (nSPS) is 11.8. The third-order valence-corrected chi connectivity index (χ3v) is 3.99. The summed E-state index contributed by atoms with van der Waals surface area (Å²) in [5, 5.41) is 18.6. The minimum atomic E-state index is -0.842. The van der Waals surface area contributed by atoms with Crippen LogP contribution in [0.1, 0.15) is 17.2 Å². The molecule has 2 amide bonds. The lowest BCUT2D eigenvalue weighted by molar-refractivity contribution is -0.136. The molecular formula is C15H15ClN2O3S. The Morgan fingerprint density at radius 3 is 2.77 bits per heavy atom. The van der Waals surface area contributed by atoms with Gasteiger partial charge in [0.05, 0.1) is 16.8 Å². The number of carbonyl (C=O) groups is 2. The number of aliphatic hydroxyl groups is 1. The van der Waals surface area contributed by atoms with Gasteiger partial charge in [-0.15, -0.1) is 0 Å². The van der Waals surface area contributed by atoms with Crippen molar-refractivity contribution >= 4 is 40.4 Å². The van der Waals surface area contributed by atoms with Crippen LogP contribution in [0.3, 0.4) is 0 Å². The van der Waals surface area contributed by atoms with E-state index in [1.165, 1.54) is 11.3 Å². The summed E-state index contributed by atoms with van der Waals surface area (Å²) in [6.07, 6.45) is -0.842. The molecule has 0 aliphatic heterocycles. The van der Waals surface area contributed by atoms with Gasteiger partial charge in [-0.1, -0.05) is 17.7 Å². The highest BCUT2D eigenvalue weighted by Crippen LogP contribution is 2.22. The highest BCUT2D eigenvalue weighted by molar-refractivity contribution is 7.07. The first kappa shape index (κ1) is 16.5. The highest BCUT2D eigenvalue weighted by Gasteiger charge is 2.17. The number of amides is 2. The zero-order chi connectivity index (χ0) is 16.1. The number of rotatable bonds is 4. The Morgan fingerprint density at radius 2 is 2.09 bits per heavy atom. The van der Waals surface area contributed by atoms with E-state index in [-0.39, 0.29) is 6.54 Å². The average molecular weight is 339 g/mol. The van der Waals surface area contributed by atoms with Gasteiger partial charge in [-0.05, 0) is 47.0 Å². The van der Waals surface area contributed by atoms with Gasteiger partial charge in [0.15, 0.2) is 0 Å². The van der Waals surface area contributed by atoms with Crippen LogP contribution < -0.4 is 10.6 Å². The molecule has 1 aromatic carbocycles. The largest absolute Gasteiger partial charge is 0.387 e. The molecule has 116 valence electrons. The Bertz CT molecular complexity index is 673. The van der Waals surface area contributed by atoms with E-state index in [2.05, 4.69) is 10.6 Å². The average Bonchev–Trinajstić information content (AvgIpc) is 3.02. The lowest BCUT2D eigenvalue weighted by atomic mass is 10.2. The molecule has 1 heterocycles. The second kappa shape index (κ2) is 7.40. The van der Waals surface area contributed by atoms with Crippen molar-refractivity contribution < 1.29 is 14.7 Å². The summed E-state index contributed by atoms with van der Waals surface area (Å²) in [4.78, 5) is 23.6. The van der Waals surface area contributed by atoms with Gasteiger partial charge >= 0.3 is 11.8 Å². The molecule has 3 N–H and O–H groups in total.